The Morgan fingerprint density at radius 2 is 1.51 bits per heavy atom. The average Bonchev–Trinajstić information content (AvgIpc) is 3.72. The number of phenolic OH excluding ortho intramolecular Hbond substituents is 1. The van der Waals surface area contributed by atoms with Gasteiger partial charge in [0.25, 0.3) is 17.4 Å². The molecule has 2 amide bonds. The lowest BCUT2D eigenvalue weighted by atomic mass is 9.54. The number of halogens is 2. The molecule has 2 aromatic heterocycles. The zero-order chi connectivity index (χ0) is 48.3. The summed E-state index contributed by atoms with van der Waals surface area (Å²) >= 11 is 12.8. The van der Waals surface area contributed by atoms with Crippen molar-refractivity contribution in [2.24, 2.45) is 18.9 Å². The number of anilines is 1. The molecule has 0 bridgehead atoms. The number of aromatic hydroxyl groups is 1. The molecule has 1 saturated carbocycles. The zero-order valence-electron chi connectivity index (χ0n) is 37.6. The van der Waals surface area contributed by atoms with Crippen molar-refractivity contribution in [2.75, 3.05) is 41.0 Å². The van der Waals surface area contributed by atoms with Crippen LogP contribution in [-0.2, 0) is 41.6 Å². The number of imide groups is 1. The standard InChI is InChI=1S/C48H45Cl2N7O11/c1-53-37-24-39(66-4)38(65-3)23-35(37)51-34(44(53)60)16-17-54-46(62)55-18-15-29-30(13-7-25-19-40(67-5)42(58)41(20-25)68-6)48(26-8-11-28(64-2)12-9-26)31(22-36(29)57(55)47(54)63)43(59)56(45(48)61)52-33-14-10-27(49)21-32(33)50/h7-15,19-21,23-24,30-31,36,52,58H,16-18,22H2,1-6H3/t30-,31-,36+,48-/m0/s1. The van der Waals surface area contributed by atoms with E-state index in [0.29, 0.717) is 50.0 Å². The summed E-state index contributed by atoms with van der Waals surface area (Å²) < 4.78 is 32.4. The molecule has 2 aliphatic heterocycles. The van der Waals surface area contributed by atoms with Crippen molar-refractivity contribution >= 4 is 57.8 Å². The Balaban J connectivity index is 1.18. The van der Waals surface area contributed by atoms with Crippen molar-refractivity contribution in [3.8, 4) is 34.5 Å². The second-order valence-corrected chi connectivity index (χ2v) is 17.3. The summed E-state index contributed by atoms with van der Waals surface area (Å²) in [6.07, 6.45) is 5.17. The number of allylic oxidation sites excluding steroid dienone is 3. The van der Waals surface area contributed by atoms with E-state index in [0.717, 1.165) is 9.58 Å². The van der Waals surface area contributed by atoms with E-state index in [1.165, 1.54) is 55.5 Å². The maximum atomic E-state index is 15.6. The van der Waals surface area contributed by atoms with Gasteiger partial charge in [0.1, 0.15) is 11.4 Å². The molecular formula is C48H45Cl2N7O11. The number of aromatic nitrogens is 5. The topological polar surface area (TPSA) is 200 Å². The predicted molar refractivity (Wildman–Crippen MR) is 252 cm³/mol. The van der Waals surface area contributed by atoms with Gasteiger partial charge >= 0.3 is 11.4 Å². The number of hydrogen-bond donors (Lipinski definition) is 2. The molecule has 4 atom stereocenters. The Hall–Kier alpha value is -7.44. The van der Waals surface area contributed by atoms with Gasteiger partial charge in [0.15, 0.2) is 23.0 Å². The number of nitrogens with zero attached hydrogens (tertiary/aromatic N) is 6. The van der Waals surface area contributed by atoms with Gasteiger partial charge in [-0.1, -0.05) is 53.6 Å². The molecule has 3 aliphatic rings. The number of hydrazine groups is 1. The number of ether oxygens (including phenoxy) is 5. The number of phenols is 1. The fraction of sp³-hybridized carbons (Fsp3) is 0.292. The van der Waals surface area contributed by atoms with Gasteiger partial charge in [0.05, 0.1) is 81.2 Å². The molecule has 1 saturated heterocycles. The van der Waals surface area contributed by atoms with E-state index in [9.17, 15) is 19.5 Å². The van der Waals surface area contributed by atoms with E-state index in [1.807, 2.05) is 6.08 Å². The van der Waals surface area contributed by atoms with Gasteiger partial charge in [-0.15, -0.1) is 0 Å². The summed E-state index contributed by atoms with van der Waals surface area (Å²) in [6.45, 7) is -0.263. The second-order valence-electron chi connectivity index (χ2n) is 16.4. The van der Waals surface area contributed by atoms with Crippen LogP contribution in [0, 0.1) is 11.8 Å². The quantitative estimate of drug-likeness (QED) is 0.108. The Kier molecular flexibility index (Phi) is 11.9. The summed E-state index contributed by atoms with van der Waals surface area (Å²) in [5.41, 5.74) is 2.46. The number of hydrogen-bond acceptors (Lipinski definition) is 13. The molecule has 1 aliphatic carbocycles. The molecule has 4 aromatic carbocycles. The van der Waals surface area contributed by atoms with Crippen LogP contribution in [0.1, 0.15) is 29.3 Å². The molecule has 2 fully saturated rings. The number of amides is 2. The normalized spacial score (nSPS) is 19.7. The first-order chi connectivity index (χ1) is 32.7. The zero-order valence-corrected chi connectivity index (χ0v) is 39.1. The van der Waals surface area contributed by atoms with Crippen molar-refractivity contribution in [1.29, 1.82) is 0 Å². The smallest absolute Gasteiger partial charge is 0.347 e. The van der Waals surface area contributed by atoms with Crippen LogP contribution in [0.25, 0.3) is 17.1 Å². The molecule has 9 rings (SSSR count). The van der Waals surface area contributed by atoms with E-state index >= 15 is 9.59 Å². The van der Waals surface area contributed by atoms with Gasteiger partial charge in [-0.2, -0.15) is 5.01 Å². The van der Waals surface area contributed by atoms with Crippen LogP contribution in [0.2, 0.25) is 10.0 Å². The van der Waals surface area contributed by atoms with Crippen molar-refractivity contribution in [1.82, 2.24) is 28.5 Å². The number of fused-ring (bicyclic) bond motifs is 5. The van der Waals surface area contributed by atoms with Crippen LogP contribution in [0.15, 0.2) is 98.8 Å². The molecule has 0 unspecified atom stereocenters. The third kappa shape index (κ3) is 7.16. The van der Waals surface area contributed by atoms with Gasteiger partial charge in [0.2, 0.25) is 5.75 Å². The second kappa shape index (κ2) is 17.7. The van der Waals surface area contributed by atoms with E-state index in [2.05, 4.69) is 10.4 Å². The SMILES string of the molecule is COc1ccc([C@@]23C(=O)N(Nc4ccc(Cl)cc4Cl)C(=O)[C@@H]2C[C@@H]2C(=CCn4c(=O)n(CCc5nc6cc(OC)c(OC)cc6n(C)c5=O)c(=O)n42)[C@@H]3C=Cc2cc(OC)c(O)c(OC)c2)cc1. The third-order valence-electron chi connectivity index (χ3n) is 13.2. The van der Waals surface area contributed by atoms with Crippen LogP contribution in [0.4, 0.5) is 5.69 Å². The summed E-state index contributed by atoms with van der Waals surface area (Å²) in [5, 5.41) is 12.2. The van der Waals surface area contributed by atoms with E-state index in [4.69, 9.17) is 46.9 Å². The largest absolute Gasteiger partial charge is 0.502 e. The first kappa shape index (κ1) is 45.7. The van der Waals surface area contributed by atoms with Crippen LogP contribution in [0.3, 0.4) is 0 Å². The highest BCUT2D eigenvalue weighted by atomic mass is 35.5. The van der Waals surface area contributed by atoms with Crippen LogP contribution in [-0.4, -0.2) is 81.0 Å². The minimum absolute atomic E-state index is 0.0659. The minimum Gasteiger partial charge on any atom is -0.502 e. The molecule has 352 valence electrons. The number of rotatable bonds is 13. The summed E-state index contributed by atoms with van der Waals surface area (Å²) in [7, 11) is 8.88. The van der Waals surface area contributed by atoms with Crippen molar-refractivity contribution < 1.29 is 38.4 Å². The number of methoxy groups -OCH3 is 5. The highest BCUT2D eigenvalue weighted by molar-refractivity contribution is 6.36. The van der Waals surface area contributed by atoms with E-state index in [-0.39, 0.29) is 59.6 Å². The molecule has 4 heterocycles. The number of aryl methyl sites for hydroxylation is 2. The lowest BCUT2D eigenvalue weighted by molar-refractivity contribution is -0.138. The maximum Gasteiger partial charge on any atom is 0.347 e. The fourth-order valence-electron chi connectivity index (χ4n) is 9.90. The van der Waals surface area contributed by atoms with Gasteiger partial charge in [-0.3, -0.25) is 19.8 Å². The predicted octanol–water partition coefficient (Wildman–Crippen LogP) is 5.52. The molecule has 0 radical (unpaired) electrons. The van der Waals surface area contributed by atoms with Gasteiger partial charge < -0.3 is 33.4 Å². The average molecular weight is 967 g/mol. The highest BCUT2D eigenvalue weighted by Crippen LogP contribution is 2.59. The van der Waals surface area contributed by atoms with Gasteiger partial charge in [0, 0.05) is 43.1 Å². The molecule has 18 nitrogen and oxygen atoms in total. The lowest BCUT2D eigenvalue weighted by Crippen LogP contribution is -2.54. The minimum atomic E-state index is -1.65. The monoisotopic (exact) mass is 965 g/mol. The Bertz CT molecular complexity index is 3280. The Morgan fingerprint density at radius 1 is 0.838 bits per heavy atom. The summed E-state index contributed by atoms with van der Waals surface area (Å²) in [5.74, 6) is -1.93. The molecule has 0 spiro atoms. The fourth-order valence-corrected chi connectivity index (χ4v) is 10.3. The third-order valence-corrected chi connectivity index (χ3v) is 13.7. The summed E-state index contributed by atoms with van der Waals surface area (Å²) in [4.78, 5) is 78.0. The number of nitrogens with one attached hydrogen (secondary N) is 1. The number of benzene rings is 4. The Morgan fingerprint density at radius 3 is 2.16 bits per heavy atom. The molecule has 68 heavy (non-hydrogen) atoms. The van der Waals surface area contributed by atoms with E-state index in [1.54, 1.807) is 79.9 Å². The number of carbonyl (C=O) groups is 2. The molecule has 6 aromatic rings. The van der Waals surface area contributed by atoms with Gasteiger partial charge in [-0.25, -0.2) is 28.5 Å². The van der Waals surface area contributed by atoms with Crippen molar-refractivity contribution in [2.45, 2.75) is 37.4 Å². The van der Waals surface area contributed by atoms with Gasteiger partial charge in [-0.05, 0) is 65.6 Å². The first-order valence-corrected chi connectivity index (χ1v) is 22.1. The maximum absolute atomic E-state index is 15.6. The molecular weight excluding hydrogens is 921 g/mol. The van der Waals surface area contributed by atoms with Crippen LogP contribution >= 0.6 is 23.2 Å². The molecule has 2 N–H and O–H groups in total. The highest BCUT2D eigenvalue weighted by Gasteiger charge is 2.68. The lowest BCUT2D eigenvalue weighted by Gasteiger charge is -2.47. The van der Waals surface area contributed by atoms with Crippen molar-refractivity contribution in [3.63, 3.8) is 0 Å². The number of carbonyl (C=O) groups excluding carboxylic acids is 2. The Labute approximate surface area is 397 Å². The first-order valence-electron chi connectivity index (χ1n) is 21.3. The summed E-state index contributed by atoms with van der Waals surface area (Å²) in [6, 6.07) is 17.0. The van der Waals surface area contributed by atoms with E-state index < -0.39 is 52.0 Å². The van der Waals surface area contributed by atoms with Crippen molar-refractivity contribution in [3.05, 3.63) is 143 Å². The molecule has 20 heteroatoms. The van der Waals surface area contributed by atoms with Crippen LogP contribution < -0.4 is 46.0 Å². The van der Waals surface area contributed by atoms with Crippen LogP contribution in [0.5, 0.6) is 34.5 Å².